The second-order valence-corrected chi connectivity index (χ2v) is 16.5. The number of rotatable bonds is 10. The van der Waals surface area contributed by atoms with Crippen molar-refractivity contribution in [3.8, 4) is 0 Å². The van der Waals surface area contributed by atoms with E-state index in [0.29, 0.717) is 0 Å². The molecule has 0 saturated carbocycles. The minimum atomic E-state index is -2.68. The van der Waals surface area contributed by atoms with E-state index in [1.807, 2.05) is 0 Å². The predicted molar refractivity (Wildman–Crippen MR) is 181 cm³/mol. The second-order valence-electron chi connectivity index (χ2n) is 12.3. The Balaban J connectivity index is 2.33. The first-order valence-corrected chi connectivity index (χ1v) is 17.9. The average molecular weight is 549 g/mol. The molecule has 1 aliphatic rings. The van der Waals surface area contributed by atoms with Crippen molar-refractivity contribution >= 4 is 23.6 Å². The Labute approximate surface area is 246 Å². The molecule has 1 unspecified atom stereocenters. The molecule has 0 heterocycles. The SMILES string of the molecule is CCc1cc(CC)cc([Si](c2cc(CC)cc(CC)c2)(c2cc(CC)cc(CC)c2)C2(C)C=C(C)C(C)=C2C)c1. The van der Waals surface area contributed by atoms with E-state index in [1.165, 1.54) is 44.5 Å². The number of benzene rings is 3. The maximum absolute atomic E-state index is 2.68. The molecule has 0 spiro atoms. The zero-order valence-corrected chi connectivity index (χ0v) is 28.0. The van der Waals surface area contributed by atoms with Crippen molar-refractivity contribution in [1.82, 2.24) is 0 Å². The number of hydrogen-bond donors (Lipinski definition) is 0. The van der Waals surface area contributed by atoms with Crippen LogP contribution in [0.1, 0.15) is 103 Å². The number of aryl methyl sites for hydroxylation is 6. The van der Waals surface area contributed by atoms with Gasteiger partial charge in [0.25, 0.3) is 0 Å². The zero-order chi connectivity index (χ0) is 29.2. The van der Waals surface area contributed by atoms with Gasteiger partial charge in [0, 0.05) is 5.04 Å². The van der Waals surface area contributed by atoms with Gasteiger partial charge in [0.15, 0.2) is 8.07 Å². The number of hydrogen-bond acceptors (Lipinski definition) is 0. The summed E-state index contributed by atoms with van der Waals surface area (Å²) in [6, 6.07) is 23.0. The van der Waals surface area contributed by atoms with Crippen LogP contribution in [0.4, 0.5) is 0 Å². The summed E-state index contributed by atoms with van der Waals surface area (Å²) in [4.78, 5) is 0. The van der Waals surface area contributed by atoms with Crippen molar-refractivity contribution in [2.24, 2.45) is 0 Å². The van der Waals surface area contributed by atoms with Crippen LogP contribution in [0.5, 0.6) is 0 Å². The van der Waals surface area contributed by atoms with Gasteiger partial charge < -0.3 is 0 Å². The van der Waals surface area contributed by atoms with Gasteiger partial charge in [0.2, 0.25) is 0 Å². The third-order valence-corrected chi connectivity index (χ3v) is 15.7. The maximum Gasteiger partial charge on any atom is 0.161 e. The Kier molecular flexibility index (Phi) is 9.15. The van der Waals surface area contributed by atoms with Crippen LogP contribution >= 0.6 is 0 Å². The summed E-state index contributed by atoms with van der Waals surface area (Å²) >= 11 is 0. The van der Waals surface area contributed by atoms with E-state index in [4.69, 9.17) is 0 Å². The van der Waals surface area contributed by atoms with Crippen LogP contribution in [0.2, 0.25) is 5.04 Å². The summed E-state index contributed by atoms with van der Waals surface area (Å²) in [7, 11) is -2.68. The molecule has 3 aromatic rings. The lowest BCUT2D eigenvalue weighted by Crippen LogP contribution is -2.73. The van der Waals surface area contributed by atoms with Gasteiger partial charge in [-0.25, -0.2) is 0 Å². The highest BCUT2D eigenvalue weighted by atomic mass is 28.3. The van der Waals surface area contributed by atoms with Crippen LogP contribution < -0.4 is 15.6 Å². The van der Waals surface area contributed by atoms with E-state index >= 15 is 0 Å². The molecule has 0 N–H and O–H groups in total. The highest BCUT2D eigenvalue weighted by Gasteiger charge is 2.56. The van der Waals surface area contributed by atoms with Crippen molar-refractivity contribution in [2.45, 2.75) is 113 Å². The van der Waals surface area contributed by atoms with Gasteiger partial charge >= 0.3 is 0 Å². The molecule has 0 bridgehead atoms. The molecule has 0 aliphatic heterocycles. The van der Waals surface area contributed by atoms with Crippen LogP contribution in [0, 0.1) is 0 Å². The third-order valence-electron chi connectivity index (χ3n) is 10.1. The summed E-state index contributed by atoms with van der Waals surface area (Å²) < 4.78 is 0. The highest BCUT2D eigenvalue weighted by Crippen LogP contribution is 2.53. The minimum Gasteiger partial charge on any atom is -0.0730 e. The van der Waals surface area contributed by atoms with E-state index in [2.05, 4.69) is 130 Å². The van der Waals surface area contributed by atoms with Crippen molar-refractivity contribution in [3.63, 3.8) is 0 Å². The zero-order valence-electron chi connectivity index (χ0n) is 27.0. The van der Waals surface area contributed by atoms with E-state index in [1.54, 1.807) is 21.1 Å². The van der Waals surface area contributed by atoms with Gasteiger partial charge in [-0.05, 0) is 114 Å². The molecule has 212 valence electrons. The molecule has 0 nitrogen and oxygen atoms in total. The first-order chi connectivity index (χ1) is 19.1. The summed E-state index contributed by atoms with van der Waals surface area (Å²) in [6.45, 7) is 23.6. The van der Waals surface area contributed by atoms with E-state index in [0.717, 1.165) is 38.5 Å². The lowest BCUT2D eigenvalue weighted by Gasteiger charge is -2.48. The standard InChI is InChI=1S/C39H52Si/c1-11-30-17-31(12-2)21-36(20-30)40(39(10)26-27(7)28(8)29(39)9,37-22-32(13-3)18-33(14-4)23-37)38-24-34(15-5)19-35(16-6)25-38/h17-26H,11-16H2,1-10H3. The summed E-state index contributed by atoms with van der Waals surface area (Å²) in [5, 5.41) is 4.66. The fourth-order valence-corrected chi connectivity index (χ4v) is 13.7. The lowest BCUT2D eigenvalue weighted by atomic mass is 10.0. The molecule has 40 heavy (non-hydrogen) atoms. The molecule has 0 saturated heterocycles. The van der Waals surface area contributed by atoms with Gasteiger partial charge in [-0.15, -0.1) is 0 Å². The first kappa shape index (κ1) is 30.3. The molecule has 0 aromatic heterocycles. The molecular formula is C39H52Si. The normalized spacial score (nSPS) is 17.5. The van der Waals surface area contributed by atoms with Crippen LogP contribution in [-0.4, -0.2) is 8.07 Å². The van der Waals surface area contributed by atoms with E-state index in [-0.39, 0.29) is 5.04 Å². The summed E-state index contributed by atoms with van der Waals surface area (Å²) in [6.07, 6.45) is 9.06. The monoisotopic (exact) mass is 548 g/mol. The van der Waals surface area contributed by atoms with E-state index < -0.39 is 8.07 Å². The van der Waals surface area contributed by atoms with Gasteiger partial charge in [0.05, 0.1) is 0 Å². The van der Waals surface area contributed by atoms with Crippen molar-refractivity contribution in [3.05, 3.63) is 111 Å². The van der Waals surface area contributed by atoms with Crippen molar-refractivity contribution in [1.29, 1.82) is 0 Å². The van der Waals surface area contributed by atoms with Crippen molar-refractivity contribution in [2.75, 3.05) is 0 Å². The topological polar surface area (TPSA) is 0 Å². The predicted octanol–water partition coefficient (Wildman–Crippen LogP) is 8.59. The van der Waals surface area contributed by atoms with Crippen LogP contribution in [0.15, 0.2) is 77.4 Å². The fraction of sp³-hybridized carbons (Fsp3) is 0.436. The Morgan fingerprint density at radius 1 is 0.475 bits per heavy atom. The molecule has 3 aromatic carbocycles. The maximum atomic E-state index is 2.67. The van der Waals surface area contributed by atoms with Crippen LogP contribution in [0.25, 0.3) is 0 Å². The molecule has 1 aliphatic carbocycles. The van der Waals surface area contributed by atoms with Gasteiger partial charge in [-0.3, -0.25) is 0 Å². The number of allylic oxidation sites excluding steroid dienone is 4. The Hall–Kier alpha value is -2.64. The molecular weight excluding hydrogens is 497 g/mol. The average Bonchev–Trinajstić information content (AvgIpc) is 3.19. The van der Waals surface area contributed by atoms with Gasteiger partial charge in [-0.1, -0.05) is 120 Å². The van der Waals surface area contributed by atoms with Crippen molar-refractivity contribution < 1.29 is 0 Å². The van der Waals surface area contributed by atoms with Gasteiger partial charge in [0.1, 0.15) is 0 Å². The van der Waals surface area contributed by atoms with Crippen LogP contribution in [0.3, 0.4) is 0 Å². The molecule has 0 radical (unpaired) electrons. The minimum absolute atomic E-state index is 0.0761. The molecule has 0 fully saturated rings. The molecule has 0 amide bonds. The van der Waals surface area contributed by atoms with Gasteiger partial charge in [-0.2, -0.15) is 0 Å². The van der Waals surface area contributed by atoms with Crippen LogP contribution in [-0.2, 0) is 38.5 Å². The molecule has 4 rings (SSSR count). The Morgan fingerprint density at radius 2 is 0.750 bits per heavy atom. The Bertz CT molecular complexity index is 1250. The molecule has 1 atom stereocenters. The first-order valence-electron chi connectivity index (χ1n) is 15.9. The second kappa shape index (κ2) is 12.1. The fourth-order valence-electron chi connectivity index (χ4n) is 7.29. The lowest BCUT2D eigenvalue weighted by molar-refractivity contribution is 0.869. The summed E-state index contributed by atoms with van der Waals surface area (Å²) in [5.41, 5.74) is 13.3. The third kappa shape index (κ3) is 5.00. The Morgan fingerprint density at radius 3 is 0.950 bits per heavy atom. The summed E-state index contributed by atoms with van der Waals surface area (Å²) in [5.74, 6) is 0. The smallest absolute Gasteiger partial charge is 0.0730 e. The van der Waals surface area contributed by atoms with E-state index in [9.17, 15) is 0 Å². The molecule has 1 heteroatoms. The highest BCUT2D eigenvalue weighted by molar-refractivity contribution is 7.14. The quantitative estimate of drug-likeness (QED) is 0.176. The largest absolute Gasteiger partial charge is 0.161 e.